The molecule has 0 atom stereocenters. The number of nitro groups is 1. The number of amides is 2. The van der Waals surface area contributed by atoms with Gasteiger partial charge in [0.05, 0.1) is 17.6 Å². The lowest BCUT2D eigenvalue weighted by Gasteiger charge is -2.14. The van der Waals surface area contributed by atoms with Gasteiger partial charge in [-0.3, -0.25) is 19.7 Å². The Balaban J connectivity index is 1.99. The van der Waals surface area contributed by atoms with Crippen molar-refractivity contribution in [1.29, 1.82) is 0 Å². The van der Waals surface area contributed by atoms with E-state index in [2.05, 4.69) is 26.6 Å². The molecule has 0 heterocycles. The Labute approximate surface area is 204 Å². The van der Waals surface area contributed by atoms with Crippen LogP contribution < -0.4 is 15.4 Å². The molecule has 0 aliphatic rings. The van der Waals surface area contributed by atoms with Crippen LogP contribution in [0.15, 0.2) is 70.8 Å². The Kier molecular flexibility index (Phi) is 7.80. The van der Waals surface area contributed by atoms with Gasteiger partial charge in [-0.05, 0) is 71.2 Å². The minimum atomic E-state index is -0.578. The summed E-state index contributed by atoms with van der Waals surface area (Å²) in [5, 5.41) is 16.6. The third kappa shape index (κ3) is 6.08. The van der Waals surface area contributed by atoms with Crippen LogP contribution in [0.3, 0.4) is 0 Å². The van der Waals surface area contributed by atoms with Crippen LogP contribution in [0.2, 0.25) is 0 Å². The summed E-state index contributed by atoms with van der Waals surface area (Å²) in [6.45, 7) is 3.80. The highest BCUT2D eigenvalue weighted by Crippen LogP contribution is 2.24. The van der Waals surface area contributed by atoms with E-state index in [9.17, 15) is 19.7 Å². The zero-order chi connectivity index (χ0) is 24.8. The van der Waals surface area contributed by atoms with Gasteiger partial charge < -0.3 is 15.4 Å². The van der Waals surface area contributed by atoms with Crippen LogP contribution in [-0.2, 0) is 4.79 Å². The molecule has 0 spiro atoms. The summed E-state index contributed by atoms with van der Waals surface area (Å²) in [6, 6.07) is 16.2. The molecule has 34 heavy (non-hydrogen) atoms. The number of non-ortho nitro benzene ring substituents is 1. The molecule has 3 aromatic rings. The van der Waals surface area contributed by atoms with E-state index in [1.54, 1.807) is 24.3 Å². The lowest BCUT2D eigenvalue weighted by Crippen LogP contribution is -2.31. The van der Waals surface area contributed by atoms with Crippen LogP contribution in [-0.4, -0.2) is 23.8 Å². The molecule has 3 rings (SSSR count). The third-order valence-electron chi connectivity index (χ3n) is 4.93. The van der Waals surface area contributed by atoms with Crippen LogP contribution in [0.1, 0.15) is 27.0 Å². The molecule has 9 heteroatoms. The van der Waals surface area contributed by atoms with Gasteiger partial charge in [0.25, 0.3) is 17.5 Å². The normalized spacial score (nSPS) is 11.0. The second kappa shape index (κ2) is 10.8. The summed E-state index contributed by atoms with van der Waals surface area (Å²) in [5.74, 6) is -0.665. The Morgan fingerprint density at radius 1 is 1.06 bits per heavy atom. The van der Waals surface area contributed by atoms with Crippen molar-refractivity contribution in [3.05, 3.63) is 103 Å². The van der Waals surface area contributed by atoms with Crippen LogP contribution >= 0.6 is 15.9 Å². The largest absolute Gasteiger partial charge is 0.497 e. The molecule has 0 fully saturated rings. The molecule has 0 saturated carbocycles. The average Bonchev–Trinajstić information content (AvgIpc) is 2.80. The SMILES string of the molecule is COc1ccc(Br)c(C(=O)NC(=Cc2cccc([N+](=O)[O-])c2)C(=O)Nc2ccc(C)cc2C)c1. The number of aryl methyl sites for hydroxylation is 2. The number of carbonyl (C=O) groups is 2. The van der Waals surface area contributed by atoms with Crippen LogP contribution in [0.4, 0.5) is 11.4 Å². The highest BCUT2D eigenvalue weighted by atomic mass is 79.9. The molecular weight excluding hydrogens is 502 g/mol. The maximum absolute atomic E-state index is 13.2. The molecule has 0 unspecified atom stereocenters. The molecule has 0 radical (unpaired) electrons. The van der Waals surface area contributed by atoms with Crippen molar-refractivity contribution in [2.75, 3.05) is 12.4 Å². The number of ether oxygens (including phenoxy) is 1. The highest BCUT2D eigenvalue weighted by Gasteiger charge is 2.18. The quantitative estimate of drug-likeness (QED) is 0.245. The van der Waals surface area contributed by atoms with Crippen molar-refractivity contribution in [1.82, 2.24) is 5.32 Å². The average molecular weight is 524 g/mol. The first-order chi connectivity index (χ1) is 16.2. The van der Waals surface area contributed by atoms with Gasteiger partial charge in [-0.2, -0.15) is 0 Å². The monoisotopic (exact) mass is 523 g/mol. The second-order valence-corrected chi connectivity index (χ2v) is 8.34. The van der Waals surface area contributed by atoms with Gasteiger partial charge >= 0.3 is 0 Å². The highest BCUT2D eigenvalue weighted by molar-refractivity contribution is 9.10. The Morgan fingerprint density at radius 2 is 1.82 bits per heavy atom. The van der Waals surface area contributed by atoms with E-state index < -0.39 is 16.7 Å². The number of anilines is 1. The van der Waals surface area contributed by atoms with Gasteiger partial charge in [0.15, 0.2) is 0 Å². The maximum atomic E-state index is 13.2. The number of carbonyl (C=O) groups excluding carboxylic acids is 2. The molecule has 2 N–H and O–H groups in total. The number of nitrogens with zero attached hydrogens (tertiary/aromatic N) is 1. The predicted octanol–water partition coefficient (Wildman–Crippen LogP) is 5.39. The van der Waals surface area contributed by atoms with Crippen molar-refractivity contribution in [3.8, 4) is 5.75 Å². The van der Waals surface area contributed by atoms with Crippen molar-refractivity contribution in [2.24, 2.45) is 0 Å². The number of nitro benzene ring substituents is 1. The van der Waals surface area contributed by atoms with Gasteiger partial charge in [-0.1, -0.05) is 29.8 Å². The van der Waals surface area contributed by atoms with Gasteiger partial charge in [0.2, 0.25) is 0 Å². The van der Waals surface area contributed by atoms with Gasteiger partial charge in [0, 0.05) is 22.3 Å². The smallest absolute Gasteiger partial charge is 0.272 e. The molecule has 0 saturated heterocycles. The standard InChI is InChI=1S/C25H22BrN3O5/c1-15-7-10-22(16(2)11-15)27-25(31)23(13-17-5-4-6-18(12-17)29(32)33)28-24(30)20-14-19(34-3)8-9-21(20)26/h4-14H,1-3H3,(H,27,31)(H,28,30). The van der Waals surface area contributed by atoms with Gasteiger partial charge in [0.1, 0.15) is 11.4 Å². The van der Waals surface area contributed by atoms with Gasteiger partial charge in [-0.15, -0.1) is 0 Å². The first-order valence-electron chi connectivity index (χ1n) is 10.2. The Bertz CT molecular complexity index is 1300. The van der Waals surface area contributed by atoms with E-state index in [1.807, 2.05) is 26.0 Å². The first kappa shape index (κ1) is 24.7. The summed E-state index contributed by atoms with van der Waals surface area (Å²) in [5.41, 5.74) is 2.89. The Hall–Kier alpha value is -3.98. The molecule has 0 aromatic heterocycles. The Morgan fingerprint density at radius 3 is 2.50 bits per heavy atom. The third-order valence-corrected chi connectivity index (χ3v) is 5.62. The van der Waals surface area contributed by atoms with Crippen LogP contribution in [0.25, 0.3) is 6.08 Å². The lowest BCUT2D eigenvalue weighted by molar-refractivity contribution is -0.384. The predicted molar refractivity (Wildman–Crippen MR) is 134 cm³/mol. The summed E-state index contributed by atoms with van der Waals surface area (Å²) < 4.78 is 5.70. The van der Waals surface area contributed by atoms with Crippen molar-refractivity contribution >= 4 is 45.2 Å². The molecule has 0 aliphatic heterocycles. The molecule has 174 valence electrons. The minimum absolute atomic E-state index is 0.0832. The summed E-state index contributed by atoms with van der Waals surface area (Å²) >= 11 is 3.34. The second-order valence-electron chi connectivity index (χ2n) is 7.48. The number of methoxy groups -OCH3 is 1. The number of halogens is 1. The molecule has 3 aromatic carbocycles. The summed E-state index contributed by atoms with van der Waals surface area (Å²) in [7, 11) is 1.48. The molecule has 0 aliphatic carbocycles. The molecule has 2 amide bonds. The summed E-state index contributed by atoms with van der Waals surface area (Å²) in [6.07, 6.45) is 1.39. The van der Waals surface area contributed by atoms with Crippen LogP contribution in [0, 0.1) is 24.0 Å². The van der Waals surface area contributed by atoms with Gasteiger partial charge in [-0.25, -0.2) is 0 Å². The van der Waals surface area contributed by atoms with E-state index >= 15 is 0 Å². The molecule has 8 nitrogen and oxygen atoms in total. The fourth-order valence-corrected chi connectivity index (χ4v) is 3.62. The molecule has 0 bridgehead atoms. The topological polar surface area (TPSA) is 111 Å². The fraction of sp³-hybridized carbons (Fsp3) is 0.120. The van der Waals surface area contributed by atoms with Crippen molar-refractivity contribution in [3.63, 3.8) is 0 Å². The fourth-order valence-electron chi connectivity index (χ4n) is 3.19. The van der Waals surface area contributed by atoms with E-state index in [0.717, 1.165) is 11.1 Å². The number of nitrogens with one attached hydrogen (secondary N) is 2. The van der Waals surface area contributed by atoms with E-state index in [-0.39, 0.29) is 16.9 Å². The van der Waals surface area contributed by atoms with E-state index in [4.69, 9.17) is 4.74 Å². The van der Waals surface area contributed by atoms with E-state index in [0.29, 0.717) is 21.5 Å². The summed E-state index contributed by atoms with van der Waals surface area (Å²) in [4.78, 5) is 36.9. The van der Waals surface area contributed by atoms with Crippen molar-refractivity contribution in [2.45, 2.75) is 13.8 Å². The number of hydrogen-bond acceptors (Lipinski definition) is 5. The first-order valence-corrected chi connectivity index (χ1v) is 11.0. The van der Waals surface area contributed by atoms with Crippen LogP contribution in [0.5, 0.6) is 5.75 Å². The van der Waals surface area contributed by atoms with E-state index in [1.165, 1.54) is 37.5 Å². The lowest BCUT2D eigenvalue weighted by atomic mass is 10.1. The minimum Gasteiger partial charge on any atom is -0.497 e. The number of benzene rings is 3. The zero-order valence-corrected chi connectivity index (χ0v) is 20.3. The zero-order valence-electron chi connectivity index (χ0n) is 18.7. The maximum Gasteiger partial charge on any atom is 0.272 e. The molecular formula is C25H22BrN3O5. The van der Waals surface area contributed by atoms with Crippen molar-refractivity contribution < 1.29 is 19.2 Å². The number of hydrogen-bond donors (Lipinski definition) is 2. The number of rotatable bonds is 7.